The maximum Gasteiger partial charge on any atom is 0.313 e. The van der Waals surface area contributed by atoms with Crippen LogP contribution in [0.5, 0.6) is 0 Å². The topological polar surface area (TPSA) is 62.6 Å². The van der Waals surface area contributed by atoms with Crippen molar-refractivity contribution in [2.45, 2.75) is 13.8 Å². The van der Waals surface area contributed by atoms with Gasteiger partial charge in [-0.25, -0.2) is 0 Å². The zero-order chi connectivity index (χ0) is 15.0. The first kappa shape index (κ1) is 16.5. The van der Waals surface area contributed by atoms with Crippen LogP contribution >= 0.6 is 11.6 Å². The number of likely N-dealkylation sites (N-methyl/N-ethyl adjacent to an activating group) is 1. The van der Waals surface area contributed by atoms with Crippen LogP contribution < -0.4 is 15.5 Å². The van der Waals surface area contributed by atoms with Crippen LogP contribution in [0.15, 0.2) is 24.3 Å². The first-order valence-corrected chi connectivity index (χ1v) is 7.12. The van der Waals surface area contributed by atoms with Crippen LogP contribution in [0.1, 0.15) is 13.8 Å². The molecule has 5 nitrogen and oxygen atoms in total. The van der Waals surface area contributed by atoms with Crippen molar-refractivity contribution in [3.05, 3.63) is 29.3 Å². The predicted octanol–water partition coefficient (Wildman–Crippen LogP) is 0.319. The van der Waals surface area contributed by atoms with Gasteiger partial charge in [0.1, 0.15) is 0 Å². The van der Waals surface area contributed by atoms with Crippen LogP contribution in [0.3, 0.4) is 0 Å². The molecule has 0 aliphatic heterocycles. The molecule has 0 fully saturated rings. The number of hydrogen-bond donors (Lipinski definition) is 3. The molecule has 0 aliphatic carbocycles. The summed E-state index contributed by atoms with van der Waals surface area (Å²) < 4.78 is 0. The van der Waals surface area contributed by atoms with Gasteiger partial charge in [-0.1, -0.05) is 17.7 Å². The van der Waals surface area contributed by atoms with Crippen LogP contribution in [0.25, 0.3) is 0 Å². The molecule has 0 saturated carbocycles. The van der Waals surface area contributed by atoms with Crippen molar-refractivity contribution in [3.8, 4) is 0 Å². The number of anilines is 1. The van der Waals surface area contributed by atoms with Crippen LogP contribution in [-0.2, 0) is 9.59 Å². The van der Waals surface area contributed by atoms with Crippen molar-refractivity contribution in [2.24, 2.45) is 0 Å². The average molecular weight is 299 g/mol. The molecule has 0 unspecified atom stereocenters. The minimum atomic E-state index is -0.679. The lowest BCUT2D eigenvalue weighted by molar-refractivity contribution is -0.895. The number of rotatable bonds is 6. The molecule has 20 heavy (non-hydrogen) atoms. The van der Waals surface area contributed by atoms with Crippen LogP contribution in [-0.4, -0.2) is 38.0 Å². The first-order valence-electron chi connectivity index (χ1n) is 6.75. The number of benzene rings is 1. The number of amides is 2. The molecular weight excluding hydrogens is 278 g/mol. The van der Waals surface area contributed by atoms with E-state index in [9.17, 15) is 9.59 Å². The Morgan fingerprint density at radius 3 is 2.50 bits per heavy atom. The summed E-state index contributed by atoms with van der Waals surface area (Å²) in [7, 11) is 0. The molecule has 0 spiro atoms. The maximum atomic E-state index is 11.7. The van der Waals surface area contributed by atoms with Crippen LogP contribution in [0, 0.1) is 0 Å². The first-order chi connectivity index (χ1) is 9.56. The fourth-order valence-electron chi connectivity index (χ4n) is 1.79. The monoisotopic (exact) mass is 298 g/mol. The molecule has 0 aromatic heterocycles. The van der Waals surface area contributed by atoms with Crippen molar-refractivity contribution in [2.75, 3.05) is 31.5 Å². The van der Waals surface area contributed by atoms with E-state index in [-0.39, 0.29) is 0 Å². The third-order valence-corrected chi connectivity index (χ3v) is 3.29. The number of halogens is 1. The van der Waals surface area contributed by atoms with E-state index < -0.39 is 11.8 Å². The predicted molar refractivity (Wildman–Crippen MR) is 80.0 cm³/mol. The van der Waals surface area contributed by atoms with Crippen molar-refractivity contribution in [1.29, 1.82) is 0 Å². The molecule has 1 aromatic rings. The molecule has 110 valence electrons. The van der Waals surface area contributed by atoms with E-state index in [1.807, 2.05) is 0 Å². The van der Waals surface area contributed by atoms with Gasteiger partial charge in [0.15, 0.2) is 0 Å². The summed E-state index contributed by atoms with van der Waals surface area (Å²) >= 11 is 5.80. The average Bonchev–Trinajstić information content (AvgIpc) is 2.43. The highest BCUT2D eigenvalue weighted by atomic mass is 35.5. The maximum absolute atomic E-state index is 11.7. The lowest BCUT2D eigenvalue weighted by Crippen LogP contribution is -3.12. The second-order valence-electron chi connectivity index (χ2n) is 4.43. The molecule has 3 N–H and O–H groups in total. The Labute approximate surface area is 124 Å². The minimum Gasteiger partial charge on any atom is -0.342 e. The Bertz CT molecular complexity index is 461. The van der Waals surface area contributed by atoms with E-state index in [4.69, 9.17) is 11.6 Å². The van der Waals surface area contributed by atoms with Crippen molar-refractivity contribution in [1.82, 2.24) is 5.32 Å². The van der Waals surface area contributed by atoms with Crippen LogP contribution in [0.4, 0.5) is 5.69 Å². The normalized spacial score (nSPS) is 10.4. The van der Waals surface area contributed by atoms with Gasteiger partial charge in [0, 0.05) is 10.7 Å². The Kier molecular flexibility index (Phi) is 7.04. The summed E-state index contributed by atoms with van der Waals surface area (Å²) in [5, 5.41) is 5.63. The standard InChI is InChI=1S/C14H20ClN3O2/c1-3-18(4-2)9-8-16-13(19)14(20)17-12-7-5-6-11(15)10-12/h5-7,10H,3-4,8-9H2,1-2H3,(H,16,19)(H,17,20)/p+1. The lowest BCUT2D eigenvalue weighted by atomic mass is 10.3. The molecule has 0 saturated heterocycles. The third kappa shape index (κ3) is 5.59. The minimum absolute atomic E-state index is 0.485. The second kappa shape index (κ2) is 8.55. The van der Waals surface area contributed by atoms with Gasteiger partial charge < -0.3 is 15.5 Å². The molecule has 0 atom stereocenters. The fraction of sp³-hybridized carbons (Fsp3) is 0.429. The Morgan fingerprint density at radius 2 is 1.90 bits per heavy atom. The summed E-state index contributed by atoms with van der Waals surface area (Å²) in [6.07, 6.45) is 0. The highest BCUT2D eigenvalue weighted by Gasteiger charge is 2.14. The van der Waals surface area contributed by atoms with E-state index in [0.29, 0.717) is 17.3 Å². The summed E-state index contributed by atoms with van der Waals surface area (Å²) in [6.45, 7) is 7.48. The van der Waals surface area contributed by atoms with Crippen molar-refractivity contribution < 1.29 is 14.5 Å². The molecule has 1 aromatic carbocycles. The SMILES string of the molecule is CC[NH+](CC)CCNC(=O)C(=O)Nc1cccc(Cl)c1. The number of nitrogens with one attached hydrogen (secondary N) is 3. The number of carbonyl (C=O) groups is 2. The van der Waals surface area contributed by atoms with Crippen molar-refractivity contribution >= 4 is 29.1 Å². The quantitative estimate of drug-likeness (QED) is 0.662. The zero-order valence-electron chi connectivity index (χ0n) is 11.8. The van der Waals surface area contributed by atoms with Gasteiger partial charge in [0.05, 0.1) is 26.2 Å². The molecule has 0 aliphatic rings. The molecule has 0 bridgehead atoms. The molecular formula is C14H21ClN3O2+. The Morgan fingerprint density at radius 1 is 1.20 bits per heavy atom. The summed E-state index contributed by atoms with van der Waals surface area (Å²) in [5.74, 6) is -1.31. The molecule has 1 rings (SSSR count). The van der Waals surface area contributed by atoms with Gasteiger partial charge in [0.2, 0.25) is 0 Å². The van der Waals surface area contributed by atoms with Gasteiger partial charge >= 0.3 is 11.8 Å². The van der Waals surface area contributed by atoms with Gasteiger partial charge in [-0.05, 0) is 32.0 Å². The summed E-state index contributed by atoms with van der Waals surface area (Å²) in [5.41, 5.74) is 0.506. The Hall–Kier alpha value is -1.59. The van der Waals surface area contributed by atoms with Gasteiger partial charge in [0.25, 0.3) is 0 Å². The number of carbonyl (C=O) groups excluding carboxylic acids is 2. The zero-order valence-corrected chi connectivity index (χ0v) is 12.6. The number of hydrogen-bond acceptors (Lipinski definition) is 2. The smallest absolute Gasteiger partial charge is 0.313 e. The van der Waals surface area contributed by atoms with E-state index >= 15 is 0 Å². The number of quaternary nitrogens is 1. The summed E-state index contributed by atoms with van der Waals surface area (Å²) in [6, 6.07) is 6.67. The highest BCUT2D eigenvalue weighted by molar-refractivity contribution is 6.39. The van der Waals surface area contributed by atoms with Gasteiger partial charge in [-0.15, -0.1) is 0 Å². The molecule has 2 amide bonds. The van der Waals surface area contributed by atoms with Crippen molar-refractivity contribution in [3.63, 3.8) is 0 Å². The Balaban J connectivity index is 2.38. The molecule has 0 radical (unpaired) electrons. The van der Waals surface area contributed by atoms with E-state index in [2.05, 4.69) is 24.5 Å². The second-order valence-corrected chi connectivity index (χ2v) is 4.86. The summed E-state index contributed by atoms with van der Waals surface area (Å²) in [4.78, 5) is 24.7. The highest BCUT2D eigenvalue weighted by Crippen LogP contribution is 2.14. The lowest BCUT2D eigenvalue weighted by Gasteiger charge is -2.15. The van der Waals surface area contributed by atoms with E-state index in [0.717, 1.165) is 19.6 Å². The third-order valence-electron chi connectivity index (χ3n) is 3.05. The molecule has 0 heterocycles. The largest absolute Gasteiger partial charge is 0.342 e. The van der Waals surface area contributed by atoms with Gasteiger partial charge in [-0.3, -0.25) is 9.59 Å². The van der Waals surface area contributed by atoms with Crippen LogP contribution in [0.2, 0.25) is 5.02 Å². The fourth-order valence-corrected chi connectivity index (χ4v) is 1.98. The van der Waals surface area contributed by atoms with E-state index in [1.54, 1.807) is 24.3 Å². The molecule has 6 heteroatoms. The van der Waals surface area contributed by atoms with E-state index in [1.165, 1.54) is 4.90 Å². The van der Waals surface area contributed by atoms with Gasteiger partial charge in [-0.2, -0.15) is 0 Å².